The number of ether oxygens (including phenoxy) is 2. The van der Waals surface area contributed by atoms with E-state index in [0.717, 1.165) is 21.8 Å². The zero-order chi connectivity index (χ0) is 19.7. The minimum Gasteiger partial charge on any atom is -0.469 e. The van der Waals surface area contributed by atoms with Gasteiger partial charge in [-0.1, -0.05) is 36.4 Å². The van der Waals surface area contributed by atoms with Crippen LogP contribution < -0.4 is 0 Å². The summed E-state index contributed by atoms with van der Waals surface area (Å²) in [5.74, 6) is -1.06. The third kappa shape index (κ3) is 2.74. The fourth-order valence-corrected chi connectivity index (χ4v) is 3.70. The first-order valence-corrected chi connectivity index (χ1v) is 8.90. The molecule has 0 unspecified atom stereocenters. The van der Waals surface area contributed by atoms with Crippen molar-refractivity contribution in [1.29, 1.82) is 0 Å². The molecule has 0 amide bonds. The van der Waals surface area contributed by atoms with Crippen LogP contribution in [-0.2, 0) is 24.5 Å². The van der Waals surface area contributed by atoms with Crippen LogP contribution in [0.25, 0.3) is 21.8 Å². The first-order valence-electron chi connectivity index (χ1n) is 8.90. The Kier molecular flexibility index (Phi) is 4.39. The van der Waals surface area contributed by atoms with E-state index in [-0.39, 0.29) is 6.42 Å². The molecule has 0 fully saturated rings. The van der Waals surface area contributed by atoms with E-state index in [1.54, 1.807) is 0 Å². The van der Waals surface area contributed by atoms with Gasteiger partial charge in [-0.2, -0.15) is 0 Å². The molecule has 4 rings (SSSR count). The van der Waals surface area contributed by atoms with Crippen molar-refractivity contribution in [3.05, 3.63) is 72.1 Å². The molecule has 0 aliphatic carbocycles. The number of hydrogen-bond donors (Lipinski definition) is 2. The molecule has 0 saturated carbocycles. The highest BCUT2D eigenvalue weighted by Crippen LogP contribution is 2.39. The van der Waals surface area contributed by atoms with Gasteiger partial charge in [0.15, 0.2) is 5.41 Å². The summed E-state index contributed by atoms with van der Waals surface area (Å²) >= 11 is 0. The number of carbonyl (C=O) groups is 2. The van der Waals surface area contributed by atoms with Crippen LogP contribution in [0.15, 0.2) is 60.7 Å². The minimum absolute atomic E-state index is 0.199. The second-order valence-electron chi connectivity index (χ2n) is 6.69. The Morgan fingerprint density at radius 3 is 1.75 bits per heavy atom. The summed E-state index contributed by atoms with van der Waals surface area (Å²) < 4.78 is 10.1. The van der Waals surface area contributed by atoms with Crippen molar-refractivity contribution in [3.63, 3.8) is 0 Å². The quantitative estimate of drug-likeness (QED) is 0.521. The number of hydrogen-bond acceptors (Lipinski definition) is 4. The van der Waals surface area contributed by atoms with Crippen molar-refractivity contribution in [2.75, 3.05) is 14.2 Å². The Labute approximate surface area is 161 Å². The van der Waals surface area contributed by atoms with Crippen molar-refractivity contribution in [1.82, 2.24) is 9.97 Å². The number of benzene rings is 2. The van der Waals surface area contributed by atoms with Gasteiger partial charge in [-0.15, -0.1) is 0 Å². The summed E-state index contributed by atoms with van der Waals surface area (Å²) in [6, 6.07) is 19.1. The van der Waals surface area contributed by atoms with E-state index in [4.69, 9.17) is 9.47 Å². The van der Waals surface area contributed by atoms with E-state index in [1.165, 1.54) is 14.2 Å². The van der Waals surface area contributed by atoms with Gasteiger partial charge in [0.05, 0.1) is 20.6 Å². The van der Waals surface area contributed by atoms with Crippen LogP contribution in [0.2, 0.25) is 0 Å². The SMILES string of the molecule is COC(=O)CC(C(=O)OC)(c1cc2ccccc2[nH]1)c1cc2ccccc2[nH]1. The monoisotopic (exact) mass is 376 g/mol. The summed E-state index contributed by atoms with van der Waals surface area (Å²) in [4.78, 5) is 32.1. The number of fused-ring (bicyclic) bond motifs is 2. The van der Waals surface area contributed by atoms with Crippen LogP contribution in [0, 0.1) is 0 Å². The lowest BCUT2D eigenvalue weighted by molar-refractivity contribution is -0.152. The number of para-hydroxylation sites is 2. The molecule has 0 saturated heterocycles. The van der Waals surface area contributed by atoms with E-state index in [2.05, 4.69) is 9.97 Å². The largest absolute Gasteiger partial charge is 0.469 e. The molecule has 0 atom stereocenters. The minimum atomic E-state index is -1.39. The molecule has 0 aliphatic heterocycles. The molecular formula is C22H20N2O4. The molecule has 2 aromatic heterocycles. The molecular weight excluding hydrogens is 356 g/mol. The summed E-state index contributed by atoms with van der Waals surface area (Å²) in [5.41, 5.74) is 1.48. The highest BCUT2D eigenvalue weighted by Gasteiger charge is 2.48. The highest BCUT2D eigenvalue weighted by molar-refractivity contribution is 5.95. The third-order valence-electron chi connectivity index (χ3n) is 5.15. The maximum absolute atomic E-state index is 13.2. The lowest BCUT2D eigenvalue weighted by Gasteiger charge is -2.28. The molecule has 142 valence electrons. The lowest BCUT2D eigenvalue weighted by Crippen LogP contribution is -2.41. The first-order chi connectivity index (χ1) is 13.6. The number of rotatable bonds is 5. The van der Waals surface area contributed by atoms with Gasteiger partial charge in [-0.3, -0.25) is 9.59 Å². The zero-order valence-electron chi connectivity index (χ0n) is 15.6. The van der Waals surface area contributed by atoms with Gasteiger partial charge in [-0.05, 0) is 35.0 Å². The summed E-state index contributed by atoms with van der Waals surface area (Å²) in [6.45, 7) is 0. The molecule has 0 radical (unpaired) electrons. The third-order valence-corrected chi connectivity index (χ3v) is 5.15. The summed E-state index contributed by atoms with van der Waals surface area (Å²) in [5, 5.41) is 1.87. The molecule has 2 aromatic carbocycles. The van der Waals surface area contributed by atoms with Crippen molar-refractivity contribution in [2.24, 2.45) is 0 Å². The first kappa shape index (κ1) is 17.9. The fourth-order valence-electron chi connectivity index (χ4n) is 3.70. The molecule has 2 heterocycles. The van der Waals surface area contributed by atoms with E-state index in [1.807, 2.05) is 60.7 Å². The van der Waals surface area contributed by atoms with Crippen LogP contribution >= 0.6 is 0 Å². The van der Waals surface area contributed by atoms with E-state index in [9.17, 15) is 9.59 Å². The Morgan fingerprint density at radius 2 is 1.32 bits per heavy atom. The molecule has 0 aliphatic rings. The number of nitrogens with one attached hydrogen (secondary N) is 2. The number of aromatic amines is 2. The average Bonchev–Trinajstić information content (AvgIpc) is 3.35. The molecule has 2 N–H and O–H groups in total. The second-order valence-corrected chi connectivity index (χ2v) is 6.69. The predicted octanol–water partition coefficient (Wildman–Crippen LogP) is 3.67. The van der Waals surface area contributed by atoms with Gasteiger partial charge in [0, 0.05) is 22.4 Å². The lowest BCUT2D eigenvalue weighted by atomic mass is 9.77. The van der Waals surface area contributed by atoms with Gasteiger partial charge >= 0.3 is 11.9 Å². The number of esters is 2. The second kappa shape index (κ2) is 6.88. The molecule has 4 aromatic rings. The zero-order valence-corrected chi connectivity index (χ0v) is 15.6. The average molecular weight is 376 g/mol. The van der Waals surface area contributed by atoms with Crippen LogP contribution in [0.1, 0.15) is 17.8 Å². The molecule has 28 heavy (non-hydrogen) atoms. The standard InChI is InChI=1S/C22H20N2O4/c1-27-20(25)13-22(21(26)28-2,18-11-14-7-3-5-9-16(14)23-18)19-12-15-8-4-6-10-17(15)24-19/h3-12,23-24H,13H2,1-2H3. The van der Waals surface area contributed by atoms with Gasteiger partial charge in [-0.25, -0.2) is 0 Å². The molecule has 6 nitrogen and oxygen atoms in total. The van der Waals surface area contributed by atoms with Gasteiger partial charge < -0.3 is 19.4 Å². The topological polar surface area (TPSA) is 84.2 Å². The Hall–Kier alpha value is -3.54. The van der Waals surface area contributed by atoms with Crippen molar-refractivity contribution in [2.45, 2.75) is 11.8 Å². The number of carbonyl (C=O) groups excluding carboxylic acids is 2. The Bertz CT molecular complexity index is 1030. The van der Waals surface area contributed by atoms with E-state index >= 15 is 0 Å². The Balaban J connectivity index is 2.02. The Morgan fingerprint density at radius 1 is 0.821 bits per heavy atom. The van der Waals surface area contributed by atoms with E-state index in [0.29, 0.717) is 11.4 Å². The van der Waals surface area contributed by atoms with Crippen molar-refractivity contribution < 1.29 is 19.1 Å². The van der Waals surface area contributed by atoms with Crippen LogP contribution in [0.4, 0.5) is 0 Å². The highest BCUT2D eigenvalue weighted by atomic mass is 16.5. The van der Waals surface area contributed by atoms with E-state index < -0.39 is 17.4 Å². The number of methoxy groups -OCH3 is 2. The van der Waals surface area contributed by atoms with Gasteiger partial charge in [0.2, 0.25) is 0 Å². The predicted molar refractivity (Wildman–Crippen MR) is 106 cm³/mol. The van der Waals surface area contributed by atoms with Gasteiger partial charge in [0.25, 0.3) is 0 Å². The van der Waals surface area contributed by atoms with Crippen molar-refractivity contribution >= 4 is 33.7 Å². The van der Waals surface area contributed by atoms with Gasteiger partial charge in [0.1, 0.15) is 0 Å². The molecule has 0 spiro atoms. The maximum Gasteiger partial charge on any atom is 0.324 e. The normalized spacial score (nSPS) is 11.6. The van der Waals surface area contributed by atoms with Crippen LogP contribution in [0.3, 0.4) is 0 Å². The van der Waals surface area contributed by atoms with Crippen molar-refractivity contribution in [3.8, 4) is 0 Å². The fraction of sp³-hybridized carbons (Fsp3) is 0.182. The molecule has 6 heteroatoms. The maximum atomic E-state index is 13.2. The summed E-state index contributed by atoms with van der Waals surface area (Å²) in [7, 11) is 2.63. The molecule has 0 bridgehead atoms. The smallest absolute Gasteiger partial charge is 0.324 e. The number of H-pyrrole nitrogens is 2. The van der Waals surface area contributed by atoms with Crippen LogP contribution in [0.5, 0.6) is 0 Å². The summed E-state index contributed by atoms with van der Waals surface area (Å²) in [6.07, 6.45) is -0.199. The number of aromatic nitrogens is 2. The van der Waals surface area contributed by atoms with Crippen LogP contribution in [-0.4, -0.2) is 36.1 Å².